The highest BCUT2D eigenvalue weighted by Crippen LogP contribution is 2.25. The molecule has 1 aromatic carbocycles. The van der Waals surface area contributed by atoms with E-state index in [1.54, 1.807) is 4.90 Å². The van der Waals surface area contributed by atoms with Crippen LogP contribution >= 0.6 is 0 Å². The Morgan fingerprint density at radius 1 is 1.03 bits per heavy atom. The molecule has 2 rings (SSSR count). The molecule has 4 amide bonds. The van der Waals surface area contributed by atoms with E-state index in [0.717, 1.165) is 12.0 Å². The molecule has 0 saturated carbocycles. The molecule has 2 atom stereocenters. The lowest BCUT2D eigenvalue weighted by atomic mass is 9.94. The van der Waals surface area contributed by atoms with Gasteiger partial charge in [0.1, 0.15) is 17.8 Å². The average Bonchev–Trinajstić information content (AvgIpc) is 3.29. The standard InChI is InChI=1S/C28H43N5O4/c1-18(2)16-21(24(34)29-19(3)4)30-25(35)22(17-20-12-9-8-10-13-20)31-32-26(36)23-14-11-15-33(23)27(37)28(5,6)7/h8-10,12-13,18-19,21,23H,11,14-17H2,1-7H3,(H,29,34)(H,30,35)(H,32,36)/b31-22+/t21-,23-/m0/s1. The van der Waals surface area contributed by atoms with E-state index >= 15 is 0 Å². The van der Waals surface area contributed by atoms with Gasteiger partial charge in [0.2, 0.25) is 11.8 Å². The third kappa shape index (κ3) is 9.30. The number of hydrogen-bond acceptors (Lipinski definition) is 5. The summed E-state index contributed by atoms with van der Waals surface area (Å²) < 4.78 is 0. The highest BCUT2D eigenvalue weighted by atomic mass is 16.2. The van der Waals surface area contributed by atoms with Crippen molar-refractivity contribution >= 4 is 29.3 Å². The highest BCUT2D eigenvalue weighted by Gasteiger charge is 2.38. The molecule has 0 spiro atoms. The first-order valence-electron chi connectivity index (χ1n) is 13.1. The molecule has 0 bridgehead atoms. The summed E-state index contributed by atoms with van der Waals surface area (Å²) in [7, 11) is 0. The van der Waals surface area contributed by atoms with Crippen LogP contribution in [0.3, 0.4) is 0 Å². The third-order valence-electron chi connectivity index (χ3n) is 6.00. The minimum Gasteiger partial charge on any atom is -0.352 e. The number of amides is 4. The molecule has 1 aliphatic rings. The van der Waals surface area contributed by atoms with Crippen LogP contribution in [0.5, 0.6) is 0 Å². The van der Waals surface area contributed by atoms with Crippen molar-refractivity contribution in [2.45, 2.75) is 92.3 Å². The zero-order chi connectivity index (χ0) is 27.8. The van der Waals surface area contributed by atoms with E-state index in [1.165, 1.54) is 0 Å². The second-order valence-corrected chi connectivity index (χ2v) is 11.4. The Labute approximate surface area is 220 Å². The Morgan fingerprint density at radius 3 is 2.24 bits per heavy atom. The number of carbonyl (C=O) groups excluding carboxylic acids is 4. The molecule has 9 nitrogen and oxygen atoms in total. The summed E-state index contributed by atoms with van der Waals surface area (Å²) in [5.74, 6) is -1.13. The molecular weight excluding hydrogens is 470 g/mol. The quantitative estimate of drug-likeness (QED) is 0.329. The molecule has 3 N–H and O–H groups in total. The molecule has 0 radical (unpaired) electrons. The summed E-state index contributed by atoms with van der Waals surface area (Å²) >= 11 is 0. The van der Waals surface area contributed by atoms with Gasteiger partial charge in [0.25, 0.3) is 11.8 Å². The maximum atomic E-state index is 13.3. The molecule has 1 heterocycles. The van der Waals surface area contributed by atoms with Crippen LogP contribution in [0.15, 0.2) is 35.4 Å². The van der Waals surface area contributed by atoms with Crippen LogP contribution in [0.1, 0.15) is 73.3 Å². The van der Waals surface area contributed by atoms with Crippen molar-refractivity contribution in [1.82, 2.24) is 21.0 Å². The van der Waals surface area contributed by atoms with E-state index in [9.17, 15) is 19.2 Å². The molecule has 0 aliphatic carbocycles. The molecule has 9 heteroatoms. The summed E-state index contributed by atoms with van der Waals surface area (Å²) in [5.41, 5.74) is 2.84. The lowest BCUT2D eigenvalue weighted by molar-refractivity contribution is -0.144. The van der Waals surface area contributed by atoms with Gasteiger partial charge < -0.3 is 15.5 Å². The van der Waals surface area contributed by atoms with Crippen LogP contribution in [0.4, 0.5) is 0 Å². The van der Waals surface area contributed by atoms with E-state index < -0.39 is 29.3 Å². The van der Waals surface area contributed by atoms with Gasteiger partial charge in [-0.05, 0) is 44.6 Å². The highest BCUT2D eigenvalue weighted by molar-refractivity contribution is 6.39. The molecule has 1 saturated heterocycles. The van der Waals surface area contributed by atoms with Gasteiger partial charge in [-0.15, -0.1) is 0 Å². The zero-order valence-corrected chi connectivity index (χ0v) is 23.3. The number of benzene rings is 1. The summed E-state index contributed by atoms with van der Waals surface area (Å²) in [5, 5.41) is 9.88. The minimum absolute atomic E-state index is 0.0685. The third-order valence-corrected chi connectivity index (χ3v) is 6.00. The van der Waals surface area contributed by atoms with Gasteiger partial charge in [-0.1, -0.05) is 65.0 Å². The van der Waals surface area contributed by atoms with Crippen LogP contribution < -0.4 is 16.1 Å². The molecule has 0 aromatic heterocycles. The number of hydrazone groups is 1. The van der Waals surface area contributed by atoms with E-state index in [2.05, 4.69) is 21.2 Å². The van der Waals surface area contributed by atoms with Gasteiger partial charge in [-0.3, -0.25) is 19.2 Å². The van der Waals surface area contributed by atoms with Gasteiger partial charge >= 0.3 is 0 Å². The second-order valence-electron chi connectivity index (χ2n) is 11.4. The predicted molar refractivity (Wildman–Crippen MR) is 145 cm³/mol. The van der Waals surface area contributed by atoms with Crippen LogP contribution in [-0.2, 0) is 25.6 Å². The monoisotopic (exact) mass is 513 g/mol. The maximum absolute atomic E-state index is 13.3. The van der Waals surface area contributed by atoms with Crippen molar-refractivity contribution in [1.29, 1.82) is 0 Å². The molecule has 0 unspecified atom stereocenters. The summed E-state index contributed by atoms with van der Waals surface area (Å²) in [4.78, 5) is 53.6. The van der Waals surface area contributed by atoms with Crippen LogP contribution in [0.2, 0.25) is 0 Å². The van der Waals surface area contributed by atoms with Gasteiger partial charge in [-0.2, -0.15) is 5.10 Å². The van der Waals surface area contributed by atoms with Crippen molar-refractivity contribution in [3.63, 3.8) is 0 Å². The first-order valence-corrected chi connectivity index (χ1v) is 13.1. The lowest BCUT2D eigenvalue weighted by Gasteiger charge is -2.29. The van der Waals surface area contributed by atoms with Gasteiger partial charge in [0.05, 0.1) is 0 Å². The molecule has 1 fully saturated rings. The number of likely N-dealkylation sites (tertiary alicyclic amines) is 1. The van der Waals surface area contributed by atoms with E-state index in [-0.39, 0.29) is 35.9 Å². The van der Waals surface area contributed by atoms with Crippen LogP contribution in [0.25, 0.3) is 0 Å². The smallest absolute Gasteiger partial charge is 0.268 e. The average molecular weight is 514 g/mol. The van der Waals surface area contributed by atoms with Crippen LogP contribution in [-0.4, -0.2) is 58.9 Å². The number of nitrogens with zero attached hydrogens (tertiary/aromatic N) is 2. The Kier molecular flexibility index (Phi) is 10.8. The summed E-state index contributed by atoms with van der Waals surface area (Å²) in [6.07, 6.45) is 1.89. The van der Waals surface area contributed by atoms with Gasteiger partial charge in [0, 0.05) is 24.4 Å². The molecule has 204 valence electrons. The SMILES string of the molecule is CC(C)C[C@H](NC(=O)/C(Cc1ccccc1)=N/NC(=O)[C@@H]1CCCN1C(=O)C(C)(C)C)C(=O)NC(C)C. The number of carbonyl (C=O) groups is 4. The van der Waals surface area contributed by atoms with E-state index in [1.807, 2.05) is 78.8 Å². The minimum atomic E-state index is -0.735. The van der Waals surface area contributed by atoms with Crippen molar-refractivity contribution < 1.29 is 19.2 Å². The first-order chi connectivity index (χ1) is 17.3. The Balaban J connectivity index is 2.25. The second kappa shape index (κ2) is 13.4. The topological polar surface area (TPSA) is 120 Å². The predicted octanol–water partition coefficient (Wildman–Crippen LogP) is 2.79. The fourth-order valence-corrected chi connectivity index (χ4v) is 4.20. The molecule has 1 aromatic rings. The molecular formula is C28H43N5O4. The number of hydrogen-bond donors (Lipinski definition) is 3. The molecule has 37 heavy (non-hydrogen) atoms. The Morgan fingerprint density at radius 2 is 1.68 bits per heavy atom. The fourth-order valence-electron chi connectivity index (χ4n) is 4.20. The van der Waals surface area contributed by atoms with Gasteiger partial charge in [-0.25, -0.2) is 5.43 Å². The Bertz CT molecular complexity index is 982. The maximum Gasteiger partial charge on any atom is 0.268 e. The largest absolute Gasteiger partial charge is 0.352 e. The zero-order valence-electron chi connectivity index (χ0n) is 23.3. The van der Waals surface area contributed by atoms with Crippen LogP contribution in [0, 0.1) is 11.3 Å². The van der Waals surface area contributed by atoms with E-state index in [4.69, 9.17) is 0 Å². The van der Waals surface area contributed by atoms with E-state index in [0.29, 0.717) is 19.4 Å². The number of rotatable bonds is 10. The van der Waals surface area contributed by atoms with Crippen molar-refractivity contribution in [3.05, 3.63) is 35.9 Å². The Hall–Kier alpha value is -3.23. The number of nitrogens with one attached hydrogen (secondary N) is 3. The summed E-state index contributed by atoms with van der Waals surface area (Å²) in [6.45, 7) is 13.7. The first kappa shape index (κ1) is 30.0. The molecule has 1 aliphatic heterocycles. The van der Waals surface area contributed by atoms with Crippen molar-refractivity contribution in [2.75, 3.05) is 6.54 Å². The lowest BCUT2D eigenvalue weighted by Crippen LogP contribution is -2.51. The van der Waals surface area contributed by atoms with Crippen molar-refractivity contribution in [2.24, 2.45) is 16.4 Å². The van der Waals surface area contributed by atoms with Crippen molar-refractivity contribution in [3.8, 4) is 0 Å². The summed E-state index contributed by atoms with van der Waals surface area (Å²) in [6, 6.07) is 7.87. The fraction of sp³-hybridized carbons (Fsp3) is 0.607. The normalized spacial score (nSPS) is 17.1. The van der Waals surface area contributed by atoms with Gasteiger partial charge in [0.15, 0.2) is 0 Å².